The molecule has 1 saturated carbocycles. The fourth-order valence-electron chi connectivity index (χ4n) is 1.98. The van der Waals surface area contributed by atoms with Crippen LogP contribution in [0.25, 0.3) is 0 Å². The van der Waals surface area contributed by atoms with Gasteiger partial charge in [0.2, 0.25) is 0 Å². The van der Waals surface area contributed by atoms with Crippen molar-refractivity contribution in [3.8, 4) is 0 Å². The smallest absolute Gasteiger partial charge is 0.255 e. The van der Waals surface area contributed by atoms with Gasteiger partial charge in [0, 0.05) is 12.1 Å². The van der Waals surface area contributed by atoms with Crippen LogP contribution >= 0.6 is 15.9 Å². The highest BCUT2D eigenvalue weighted by Crippen LogP contribution is 2.20. The minimum absolute atomic E-state index is 0.0823. The Labute approximate surface area is 103 Å². The molecule has 1 amide bonds. The van der Waals surface area contributed by atoms with E-state index in [1.165, 1.54) is 6.26 Å². The molecule has 1 heterocycles. The first kappa shape index (κ1) is 11.7. The van der Waals surface area contributed by atoms with Crippen molar-refractivity contribution in [2.24, 2.45) is 5.73 Å². The minimum atomic E-state index is -0.0823. The zero-order chi connectivity index (χ0) is 11.5. The number of carbonyl (C=O) groups excluding carboxylic acids is 1. The van der Waals surface area contributed by atoms with Gasteiger partial charge in [-0.05, 0) is 47.7 Å². The minimum Gasteiger partial charge on any atom is -0.457 e. The molecular weight excluding hydrogens is 272 g/mol. The number of hydrogen-bond donors (Lipinski definition) is 2. The molecule has 1 fully saturated rings. The third-order valence-electron chi connectivity index (χ3n) is 2.97. The summed E-state index contributed by atoms with van der Waals surface area (Å²) in [6.07, 6.45) is 5.38. The van der Waals surface area contributed by atoms with E-state index >= 15 is 0 Å². The van der Waals surface area contributed by atoms with Crippen LogP contribution in [0.5, 0.6) is 0 Å². The Kier molecular flexibility index (Phi) is 3.66. The molecule has 0 aliphatic heterocycles. The van der Waals surface area contributed by atoms with Crippen LogP contribution in [0, 0.1) is 0 Å². The zero-order valence-electron chi connectivity index (χ0n) is 8.91. The van der Waals surface area contributed by atoms with Gasteiger partial charge in [-0.2, -0.15) is 0 Å². The molecular formula is C11H15BrN2O2. The van der Waals surface area contributed by atoms with Gasteiger partial charge in [0.05, 0.1) is 11.8 Å². The molecule has 2 rings (SSSR count). The molecule has 1 aliphatic carbocycles. The summed E-state index contributed by atoms with van der Waals surface area (Å²) in [7, 11) is 0. The maximum Gasteiger partial charge on any atom is 0.255 e. The van der Waals surface area contributed by atoms with Crippen molar-refractivity contribution >= 4 is 21.8 Å². The molecule has 1 aliphatic rings. The normalized spacial score (nSPS) is 25.4. The lowest BCUT2D eigenvalue weighted by molar-refractivity contribution is 0.0924. The van der Waals surface area contributed by atoms with Gasteiger partial charge in [-0.15, -0.1) is 0 Å². The SMILES string of the molecule is NC1CCC(NC(=O)c2ccoc2Br)CC1. The molecule has 0 atom stereocenters. The fourth-order valence-corrected chi connectivity index (χ4v) is 2.40. The third-order valence-corrected chi connectivity index (χ3v) is 3.58. The van der Waals surface area contributed by atoms with Crippen LogP contribution in [-0.2, 0) is 0 Å². The van der Waals surface area contributed by atoms with Crippen LogP contribution in [0.1, 0.15) is 36.0 Å². The van der Waals surface area contributed by atoms with Gasteiger partial charge in [-0.3, -0.25) is 4.79 Å². The first-order valence-corrected chi connectivity index (χ1v) is 6.25. The zero-order valence-corrected chi connectivity index (χ0v) is 10.5. The highest BCUT2D eigenvalue weighted by molar-refractivity contribution is 9.10. The van der Waals surface area contributed by atoms with E-state index < -0.39 is 0 Å². The molecule has 5 heteroatoms. The maximum absolute atomic E-state index is 11.8. The monoisotopic (exact) mass is 286 g/mol. The van der Waals surface area contributed by atoms with E-state index in [-0.39, 0.29) is 11.9 Å². The fraction of sp³-hybridized carbons (Fsp3) is 0.545. The van der Waals surface area contributed by atoms with E-state index in [4.69, 9.17) is 10.2 Å². The Morgan fingerprint density at radius 3 is 2.69 bits per heavy atom. The van der Waals surface area contributed by atoms with Crippen LogP contribution < -0.4 is 11.1 Å². The Bertz CT molecular complexity index is 370. The number of amides is 1. The Morgan fingerprint density at radius 2 is 2.12 bits per heavy atom. The Hall–Kier alpha value is -0.810. The van der Waals surface area contributed by atoms with Crippen LogP contribution in [-0.4, -0.2) is 18.0 Å². The van der Waals surface area contributed by atoms with Gasteiger partial charge in [-0.1, -0.05) is 0 Å². The van der Waals surface area contributed by atoms with E-state index in [1.807, 2.05) is 0 Å². The number of halogens is 1. The Morgan fingerprint density at radius 1 is 1.44 bits per heavy atom. The van der Waals surface area contributed by atoms with Crippen LogP contribution in [0.2, 0.25) is 0 Å². The van der Waals surface area contributed by atoms with E-state index in [0.29, 0.717) is 16.3 Å². The summed E-state index contributed by atoms with van der Waals surface area (Å²) in [6.45, 7) is 0. The summed E-state index contributed by atoms with van der Waals surface area (Å²) in [4.78, 5) is 11.8. The molecule has 0 unspecified atom stereocenters. The third kappa shape index (κ3) is 2.65. The number of nitrogens with one attached hydrogen (secondary N) is 1. The van der Waals surface area contributed by atoms with Gasteiger partial charge >= 0.3 is 0 Å². The first-order chi connectivity index (χ1) is 7.66. The summed E-state index contributed by atoms with van der Waals surface area (Å²) in [5.41, 5.74) is 6.36. The molecule has 0 aromatic carbocycles. The van der Waals surface area contributed by atoms with E-state index in [0.717, 1.165) is 25.7 Å². The van der Waals surface area contributed by atoms with Gasteiger partial charge in [0.25, 0.3) is 5.91 Å². The summed E-state index contributed by atoms with van der Waals surface area (Å²) in [6, 6.07) is 2.21. The standard InChI is InChI=1S/C11H15BrN2O2/c12-10-9(5-6-16-10)11(15)14-8-3-1-7(13)2-4-8/h5-8H,1-4,13H2,(H,14,15). The largest absolute Gasteiger partial charge is 0.457 e. The number of hydrogen-bond acceptors (Lipinski definition) is 3. The van der Waals surface area contributed by atoms with Crippen molar-refractivity contribution in [1.82, 2.24) is 5.32 Å². The molecule has 4 nitrogen and oxygen atoms in total. The van der Waals surface area contributed by atoms with Gasteiger partial charge in [-0.25, -0.2) is 0 Å². The van der Waals surface area contributed by atoms with Crippen molar-refractivity contribution in [1.29, 1.82) is 0 Å². The molecule has 0 spiro atoms. The predicted molar refractivity (Wildman–Crippen MR) is 64.1 cm³/mol. The molecule has 3 N–H and O–H groups in total. The number of nitrogens with two attached hydrogens (primary N) is 1. The first-order valence-electron chi connectivity index (χ1n) is 5.46. The van der Waals surface area contributed by atoms with E-state index in [2.05, 4.69) is 21.2 Å². The van der Waals surface area contributed by atoms with Crippen molar-refractivity contribution in [3.05, 3.63) is 22.6 Å². The van der Waals surface area contributed by atoms with Gasteiger partial charge in [0.15, 0.2) is 4.67 Å². The molecule has 1 aromatic heterocycles. The average Bonchev–Trinajstić information content (AvgIpc) is 2.68. The van der Waals surface area contributed by atoms with Crippen LogP contribution in [0.4, 0.5) is 0 Å². The second-order valence-corrected chi connectivity index (χ2v) is 4.91. The number of carbonyl (C=O) groups is 1. The lowest BCUT2D eigenvalue weighted by Crippen LogP contribution is -2.40. The number of furan rings is 1. The lowest BCUT2D eigenvalue weighted by Gasteiger charge is -2.26. The summed E-state index contributed by atoms with van der Waals surface area (Å²) >= 11 is 3.19. The molecule has 0 saturated heterocycles. The van der Waals surface area contributed by atoms with Crippen LogP contribution in [0.3, 0.4) is 0 Å². The van der Waals surface area contributed by atoms with Gasteiger partial charge in [0.1, 0.15) is 0 Å². The molecule has 16 heavy (non-hydrogen) atoms. The van der Waals surface area contributed by atoms with E-state index in [1.54, 1.807) is 6.07 Å². The van der Waals surface area contributed by atoms with Crippen molar-refractivity contribution in [2.75, 3.05) is 0 Å². The molecule has 88 valence electrons. The van der Waals surface area contributed by atoms with Crippen molar-refractivity contribution in [2.45, 2.75) is 37.8 Å². The van der Waals surface area contributed by atoms with Crippen molar-refractivity contribution < 1.29 is 9.21 Å². The highest BCUT2D eigenvalue weighted by Gasteiger charge is 2.21. The van der Waals surface area contributed by atoms with Crippen LogP contribution in [0.15, 0.2) is 21.4 Å². The highest BCUT2D eigenvalue weighted by atomic mass is 79.9. The topological polar surface area (TPSA) is 68.3 Å². The summed E-state index contributed by atoms with van der Waals surface area (Å²) in [5, 5.41) is 3.00. The molecule has 1 aromatic rings. The van der Waals surface area contributed by atoms with Crippen molar-refractivity contribution in [3.63, 3.8) is 0 Å². The second kappa shape index (κ2) is 5.01. The summed E-state index contributed by atoms with van der Waals surface area (Å²) < 4.78 is 5.51. The number of rotatable bonds is 2. The molecule has 0 bridgehead atoms. The lowest BCUT2D eigenvalue weighted by atomic mass is 9.92. The quantitative estimate of drug-likeness (QED) is 0.874. The summed E-state index contributed by atoms with van der Waals surface area (Å²) in [5.74, 6) is -0.0823. The predicted octanol–water partition coefficient (Wildman–Crippen LogP) is 2.04. The molecule has 0 radical (unpaired) electrons. The second-order valence-electron chi connectivity index (χ2n) is 4.19. The maximum atomic E-state index is 11.8. The van der Waals surface area contributed by atoms with Gasteiger partial charge < -0.3 is 15.5 Å². The average molecular weight is 287 g/mol. The Balaban J connectivity index is 1.91. The van der Waals surface area contributed by atoms with E-state index in [9.17, 15) is 4.79 Å².